The average molecular weight is 430 g/mol. The van der Waals surface area contributed by atoms with Crippen LogP contribution in [-0.2, 0) is 11.3 Å². The summed E-state index contributed by atoms with van der Waals surface area (Å²) in [7, 11) is 0. The van der Waals surface area contributed by atoms with Crippen LogP contribution in [0.3, 0.4) is 0 Å². The molecule has 0 aliphatic heterocycles. The Labute approximate surface area is 174 Å². The largest absolute Gasteiger partial charge is 0.370 e. The summed E-state index contributed by atoms with van der Waals surface area (Å²) in [6, 6.07) is 11.2. The van der Waals surface area contributed by atoms with Crippen molar-refractivity contribution in [1.82, 2.24) is 9.55 Å². The molecule has 8 heteroatoms. The lowest BCUT2D eigenvalue weighted by molar-refractivity contribution is -0.118. The molecule has 4 aromatic rings. The molecule has 0 aliphatic carbocycles. The molecule has 0 saturated heterocycles. The quantitative estimate of drug-likeness (QED) is 0.479. The van der Waals surface area contributed by atoms with Gasteiger partial charge in [0.15, 0.2) is 0 Å². The van der Waals surface area contributed by atoms with Gasteiger partial charge in [-0.3, -0.25) is 14.2 Å². The van der Waals surface area contributed by atoms with E-state index in [0.29, 0.717) is 34.0 Å². The molecule has 1 amide bonds. The monoisotopic (exact) mass is 429 g/mol. The number of rotatable bonds is 6. The number of carbonyl (C=O) groups excluding carboxylic acids is 1. The van der Waals surface area contributed by atoms with Gasteiger partial charge in [0, 0.05) is 39.4 Å². The number of halogens is 1. The van der Waals surface area contributed by atoms with Gasteiger partial charge >= 0.3 is 0 Å². The Morgan fingerprint density at radius 3 is 2.64 bits per heavy atom. The summed E-state index contributed by atoms with van der Waals surface area (Å²) in [5.74, 6) is 0.183. The van der Waals surface area contributed by atoms with Gasteiger partial charge in [0.25, 0.3) is 5.56 Å². The summed E-state index contributed by atoms with van der Waals surface area (Å²) in [5, 5.41) is 5.19. The number of carbonyl (C=O) groups is 1. The third-order valence-electron chi connectivity index (χ3n) is 4.39. The molecule has 0 unspecified atom stereocenters. The molecule has 1 aromatic carbocycles. The Morgan fingerprint density at radius 2 is 1.96 bits per heavy atom. The molecule has 4 rings (SSSR count). The Morgan fingerprint density at radius 1 is 1.18 bits per heavy atom. The molecule has 28 heavy (non-hydrogen) atoms. The highest BCUT2D eigenvalue weighted by Gasteiger charge is 2.18. The van der Waals surface area contributed by atoms with Crippen molar-refractivity contribution in [2.24, 2.45) is 5.73 Å². The lowest BCUT2D eigenvalue weighted by Crippen LogP contribution is -2.24. The van der Waals surface area contributed by atoms with Gasteiger partial charge in [-0.05, 0) is 42.1 Å². The molecule has 0 spiro atoms. The number of amides is 1. The maximum absolute atomic E-state index is 13.4. The van der Waals surface area contributed by atoms with Crippen molar-refractivity contribution in [3.63, 3.8) is 0 Å². The minimum absolute atomic E-state index is 0.107. The Balaban J connectivity index is 1.91. The summed E-state index contributed by atoms with van der Waals surface area (Å²) in [6.45, 7) is 0.363. The topological polar surface area (TPSA) is 78.0 Å². The van der Waals surface area contributed by atoms with E-state index >= 15 is 0 Å². The first-order valence-electron chi connectivity index (χ1n) is 8.65. The fourth-order valence-corrected chi connectivity index (χ4v) is 4.95. The first kappa shape index (κ1) is 18.9. The second-order valence-corrected chi connectivity index (χ2v) is 8.52. The van der Waals surface area contributed by atoms with Crippen LogP contribution in [-0.4, -0.2) is 15.5 Å². The van der Waals surface area contributed by atoms with Crippen LogP contribution in [0.1, 0.15) is 12.8 Å². The van der Waals surface area contributed by atoms with E-state index in [2.05, 4.69) is 0 Å². The van der Waals surface area contributed by atoms with Gasteiger partial charge in [-0.1, -0.05) is 17.7 Å². The van der Waals surface area contributed by atoms with Crippen molar-refractivity contribution >= 4 is 50.4 Å². The third-order valence-corrected chi connectivity index (χ3v) is 6.42. The molecule has 0 saturated carbocycles. The Bertz CT molecular complexity index is 1190. The summed E-state index contributed by atoms with van der Waals surface area (Å²) in [5.41, 5.74) is 6.86. The predicted octanol–water partition coefficient (Wildman–Crippen LogP) is 4.77. The van der Waals surface area contributed by atoms with Gasteiger partial charge in [-0.15, -0.1) is 22.7 Å². The van der Waals surface area contributed by atoms with Crippen molar-refractivity contribution in [3.05, 3.63) is 62.5 Å². The van der Waals surface area contributed by atoms with Crippen molar-refractivity contribution in [3.8, 4) is 21.8 Å². The lowest BCUT2D eigenvalue weighted by Gasteiger charge is -2.13. The number of nitrogens with two attached hydrogens (primary N) is 1. The molecular weight excluding hydrogens is 414 g/mol. The molecule has 0 bridgehead atoms. The number of hydrogen-bond acceptors (Lipinski definition) is 5. The molecule has 142 valence electrons. The van der Waals surface area contributed by atoms with Crippen LogP contribution in [0.15, 0.2) is 52.0 Å². The van der Waals surface area contributed by atoms with Gasteiger partial charge in [0.05, 0.1) is 5.39 Å². The summed E-state index contributed by atoms with van der Waals surface area (Å²) in [4.78, 5) is 31.1. The molecule has 0 aliphatic rings. The molecule has 0 atom stereocenters. The van der Waals surface area contributed by atoms with E-state index in [1.54, 1.807) is 28.0 Å². The number of aromatic nitrogens is 2. The number of nitrogens with zero attached hydrogens (tertiary/aromatic N) is 2. The zero-order valence-electron chi connectivity index (χ0n) is 14.7. The number of benzene rings is 1. The van der Waals surface area contributed by atoms with Crippen molar-refractivity contribution in [1.29, 1.82) is 0 Å². The second kappa shape index (κ2) is 7.87. The predicted molar refractivity (Wildman–Crippen MR) is 116 cm³/mol. The van der Waals surface area contributed by atoms with Crippen molar-refractivity contribution in [2.45, 2.75) is 19.4 Å². The maximum Gasteiger partial charge on any atom is 0.263 e. The van der Waals surface area contributed by atoms with E-state index < -0.39 is 0 Å². The molecule has 3 heterocycles. The van der Waals surface area contributed by atoms with Crippen LogP contribution < -0.4 is 11.3 Å². The van der Waals surface area contributed by atoms with E-state index in [1.807, 2.05) is 35.0 Å². The van der Waals surface area contributed by atoms with Crippen LogP contribution in [0.4, 0.5) is 0 Å². The third kappa shape index (κ3) is 3.61. The van der Waals surface area contributed by atoms with Crippen molar-refractivity contribution in [2.75, 3.05) is 0 Å². The van der Waals surface area contributed by atoms with E-state index in [1.165, 1.54) is 11.3 Å². The van der Waals surface area contributed by atoms with Crippen LogP contribution in [0.5, 0.6) is 0 Å². The van der Waals surface area contributed by atoms with Crippen LogP contribution >= 0.6 is 34.3 Å². The lowest BCUT2D eigenvalue weighted by atomic mass is 10.1. The summed E-state index contributed by atoms with van der Waals surface area (Å²) < 4.78 is 1.64. The Hall–Kier alpha value is -2.48. The highest BCUT2D eigenvalue weighted by Crippen LogP contribution is 2.34. The SMILES string of the molecule is NC(=O)CCCn1c(-c2ccc(Cl)cc2)nc2scc(-c3cccs3)c2c1=O. The maximum atomic E-state index is 13.4. The number of thiophene rings is 2. The fourth-order valence-electron chi connectivity index (χ4n) is 3.08. The van der Waals surface area contributed by atoms with Gasteiger partial charge < -0.3 is 5.73 Å². The highest BCUT2D eigenvalue weighted by molar-refractivity contribution is 7.18. The smallest absolute Gasteiger partial charge is 0.263 e. The van der Waals surface area contributed by atoms with Gasteiger partial charge in [0.2, 0.25) is 5.91 Å². The number of primary amides is 1. The van der Waals surface area contributed by atoms with Gasteiger partial charge in [-0.2, -0.15) is 0 Å². The zero-order chi connectivity index (χ0) is 19.7. The zero-order valence-corrected chi connectivity index (χ0v) is 17.1. The van der Waals surface area contributed by atoms with Gasteiger partial charge in [-0.25, -0.2) is 4.98 Å². The molecule has 2 N–H and O–H groups in total. The molecule has 0 fully saturated rings. The van der Waals surface area contributed by atoms with E-state index in [-0.39, 0.29) is 17.9 Å². The highest BCUT2D eigenvalue weighted by atomic mass is 35.5. The fraction of sp³-hybridized carbons (Fsp3) is 0.150. The summed E-state index contributed by atoms with van der Waals surface area (Å²) >= 11 is 9.05. The Kier molecular flexibility index (Phi) is 5.30. The molecule has 5 nitrogen and oxygen atoms in total. The van der Waals surface area contributed by atoms with Gasteiger partial charge in [0.1, 0.15) is 10.7 Å². The van der Waals surface area contributed by atoms with Crippen LogP contribution in [0.2, 0.25) is 5.02 Å². The second-order valence-electron chi connectivity index (χ2n) is 6.28. The minimum atomic E-state index is -0.384. The number of fused-ring (bicyclic) bond motifs is 1. The van der Waals surface area contributed by atoms with E-state index in [4.69, 9.17) is 22.3 Å². The standard InChI is InChI=1S/C20H16ClN3O2S2/c21-13-7-5-12(6-8-13)18-23-19-17(14(11-28-19)15-3-2-10-27-15)20(26)24(18)9-1-4-16(22)25/h2-3,5-8,10-11H,1,4,9H2,(H2,22,25). The van der Waals surface area contributed by atoms with Crippen molar-refractivity contribution < 1.29 is 4.79 Å². The normalized spacial score (nSPS) is 11.2. The van der Waals surface area contributed by atoms with Crippen LogP contribution in [0, 0.1) is 0 Å². The number of hydrogen-bond donors (Lipinski definition) is 1. The molecule has 0 radical (unpaired) electrons. The summed E-state index contributed by atoms with van der Waals surface area (Å²) in [6.07, 6.45) is 0.688. The van der Waals surface area contributed by atoms with Crippen LogP contribution in [0.25, 0.3) is 32.0 Å². The first-order valence-corrected chi connectivity index (χ1v) is 10.8. The molecule has 3 aromatic heterocycles. The average Bonchev–Trinajstić information content (AvgIpc) is 3.33. The first-order chi connectivity index (χ1) is 13.5. The van der Waals surface area contributed by atoms with E-state index in [9.17, 15) is 9.59 Å². The minimum Gasteiger partial charge on any atom is -0.370 e. The molecular formula is C20H16ClN3O2S2. The van der Waals surface area contributed by atoms with E-state index in [0.717, 1.165) is 16.0 Å².